The molecular weight excluding hydrogens is 230 g/mol. The van der Waals surface area contributed by atoms with Crippen LogP contribution >= 0.6 is 0 Å². The summed E-state index contributed by atoms with van der Waals surface area (Å²) < 4.78 is 5.51. The largest absolute Gasteiger partial charge is 0.453 e. The summed E-state index contributed by atoms with van der Waals surface area (Å²) in [5.41, 5.74) is 0.721. The third-order valence-electron chi connectivity index (χ3n) is 3.11. The summed E-state index contributed by atoms with van der Waals surface area (Å²) in [7, 11) is 1.81. The molecule has 0 aliphatic heterocycles. The molecule has 1 aromatic heterocycles. The quantitative estimate of drug-likeness (QED) is 0.820. The molecule has 2 aromatic rings. The van der Waals surface area contributed by atoms with E-state index in [-0.39, 0.29) is 25.0 Å². The highest BCUT2D eigenvalue weighted by Crippen LogP contribution is 2.19. The first-order chi connectivity index (χ1) is 8.61. The molecule has 4 heteroatoms. The Bertz CT molecular complexity index is 514. The highest BCUT2D eigenvalue weighted by Gasteiger charge is 2.17. The predicted molar refractivity (Wildman–Crippen MR) is 69.7 cm³/mol. The zero-order valence-corrected chi connectivity index (χ0v) is 10.6. The number of furan rings is 1. The lowest BCUT2D eigenvalue weighted by Gasteiger charge is -2.21. The van der Waals surface area contributed by atoms with Crippen LogP contribution in [-0.4, -0.2) is 42.0 Å². The lowest BCUT2D eigenvalue weighted by atomic mass is 10.2. The lowest BCUT2D eigenvalue weighted by Crippen LogP contribution is -2.36. The van der Waals surface area contributed by atoms with Gasteiger partial charge in [0, 0.05) is 11.4 Å². The van der Waals surface area contributed by atoms with Crippen molar-refractivity contribution < 1.29 is 14.3 Å². The SMILES string of the molecule is CC(CO)N(C)CC(=O)c1cc2ccccc2o1. The number of nitrogens with zero attached hydrogens (tertiary/aromatic N) is 1. The number of carbonyl (C=O) groups excluding carboxylic acids is 1. The van der Waals surface area contributed by atoms with E-state index in [2.05, 4.69) is 0 Å². The van der Waals surface area contributed by atoms with Crippen molar-refractivity contribution in [2.45, 2.75) is 13.0 Å². The van der Waals surface area contributed by atoms with Gasteiger partial charge < -0.3 is 9.52 Å². The third kappa shape index (κ3) is 2.60. The first-order valence-corrected chi connectivity index (χ1v) is 5.94. The van der Waals surface area contributed by atoms with Crippen molar-refractivity contribution in [2.24, 2.45) is 0 Å². The standard InChI is InChI=1S/C14H17NO3/c1-10(9-16)15(2)8-12(17)14-7-11-5-3-4-6-13(11)18-14/h3-7,10,16H,8-9H2,1-2H3. The van der Waals surface area contributed by atoms with Gasteiger partial charge >= 0.3 is 0 Å². The van der Waals surface area contributed by atoms with E-state index in [1.54, 1.807) is 18.0 Å². The number of carbonyl (C=O) groups is 1. The number of hydrogen-bond donors (Lipinski definition) is 1. The summed E-state index contributed by atoms with van der Waals surface area (Å²) in [6, 6.07) is 9.25. The lowest BCUT2D eigenvalue weighted by molar-refractivity contribution is 0.0866. The average molecular weight is 247 g/mol. The van der Waals surface area contributed by atoms with Crippen LogP contribution in [0.15, 0.2) is 34.7 Å². The number of hydrogen-bond acceptors (Lipinski definition) is 4. The Kier molecular flexibility index (Phi) is 3.79. The van der Waals surface area contributed by atoms with Gasteiger partial charge in [-0.1, -0.05) is 18.2 Å². The van der Waals surface area contributed by atoms with Crippen LogP contribution < -0.4 is 0 Å². The molecule has 2 rings (SSSR count). The fraction of sp³-hybridized carbons (Fsp3) is 0.357. The first-order valence-electron chi connectivity index (χ1n) is 5.94. The highest BCUT2D eigenvalue weighted by molar-refractivity contribution is 5.98. The van der Waals surface area contributed by atoms with Gasteiger partial charge in [0.1, 0.15) is 5.58 Å². The minimum absolute atomic E-state index is 0.0317. The van der Waals surface area contributed by atoms with Crippen LogP contribution in [0, 0.1) is 0 Å². The second-order valence-corrected chi connectivity index (χ2v) is 4.52. The molecule has 1 unspecified atom stereocenters. The van der Waals surface area contributed by atoms with E-state index in [1.165, 1.54) is 0 Å². The Morgan fingerprint density at radius 2 is 2.17 bits per heavy atom. The van der Waals surface area contributed by atoms with Gasteiger partial charge in [-0.15, -0.1) is 0 Å². The van der Waals surface area contributed by atoms with Crippen LogP contribution in [0.1, 0.15) is 17.5 Å². The van der Waals surface area contributed by atoms with E-state index in [1.807, 2.05) is 31.2 Å². The minimum atomic E-state index is -0.0750. The monoisotopic (exact) mass is 247 g/mol. The number of ketones is 1. The average Bonchev–Trinajstić information content (AvgIpc) is 2.81. The van der Waals surface area contributed by atoms with Crippen molar-refractivity contribution in [3.63, 3.8) is 0 Å². The number of aliphatic hydroxyl groups excluding tert-OH is 1. The number of benzene rings is 1. The topological polar surface area (TPSA) is 53.7 Å². The van der Waals surface area contributed by atoms with E-state index < -0.39 is 0 Å². The van der Waals surface area contributed by atoms with Crippen LogP contribution in [0.2, 0.25) is 0 Å². The molecule has 4 nitrogen and oxygen atoms in total. The molecule has 1 N–H and O–H groups in total. The molecule has 0 amide bonds. The predicted octanol–water partition coefficient (Wildman–Crippen LogP) is 1.93. The van der Waals surface area contributed by atoms with Crippen molar-refractivity contribution in [2.75, 3.05) is 20.2 Å². The smallest absolute Gasteiger partial charge is 0.211 e. The molecule has 1 atom stereocenters. The number of para-hydroxylation sites is 1. The van der Waals surface area contributed by atoms with Gasteiger partial charge in [0.25, 0.3) is 0 Å². The Morgan fingerprint density at radius 1 is 1.44 bits per heavy atom. The fourth-order valence-corrected chi connectivity index (χ4v) is 1.72. The molecule has 18 heavy (non-hydrogen) atoms. The van der Waals surface area contributed by atoms with E-state index >= 15 is 0 Å². The fourth-order valence-electron chi connectivity index (χ4n) is 1.72. The molecule has 0 radical (unpaired) electrons. The summed E-state index contributed by atoms with van der Waals surface area (Å²) in [4.78, 5) is 13.8. The van der Waals surface area contributed by atoms with E-state index in [0.717, 1.165) is 11.0 Å². The van der Waals surface area contributed by atoms with Crippen molar-refractivity contribution in [1.82, 2.24) is 4.90 Å². The molecule has 1 heterocycles. The normalized spacial score (nSPS) is 13.1. The molecule has 96 valence electrons. The first kappa shape index (κ1) is 12.8. The van der Waals surface area contributed by atoms with Gasteiger partial charge in [-0.2, -0.15) is 0 Å². The van der Waals surface area contributed by atoms with Gasteiger partial charge in [-0.3, -0.25) is 9.69 Å². The van der Waals surface area contributed by atoms with Gasteiger partial charge in [0.15, 0.2) is 5.76 Å². The Hall–Kier alpha value is -1.65. The zero-order valence-electron chi connectivity index (χ0n) is 10.6. The van der Waals surface area contributed by atoms with Crippen molar-refractivity contribution >= 4 is 16.8 Å². The second-order valence-electron chi connectivity index (χ2n) is 4.52. The van der Waals surface area contributed by atoms with Crippen molar-refractivity contribution in [3.05, 3.63) is 36.1 Å². The zero-order chi connectivity index (χ0) is 13.1. The van der Waals surface area contributed by atoms with Crippen molar-refractivity contribution in [1.29, 1.82) is 0 Å². The van der Waals surface area contributed by atoms with Gasteiger partial charge in [-0.05, 0) is 26.1 Å². The number of fused-ring (bicyclic) bond motifs is 1. The van der Waals surface area contributed by atoms with Crippen LogP contribution in [0.25, 0.3) is 11.0 Å². The maximum atomic E-state index is 12.0. The third-order valence-corrected chi connectivity index (χ3v) is 3.11. The number of Topliss-reactive ketones (excluding diaryl/α,β-unsaturated/α-hetero) is 1. The summed E-state index contributed by atoms with van der Waals surface area (Å²) in [5.74, 6) is 0.294. The summed E-state index contributed by atoms with van der Waals surface area (Å²) in [5, 5.41) is 9.96. The van der Waals surface area contributed by atoms with E-state index in [4.69, 9.17) is 9.52 Å². The summed E-state index contributed by atoms with van der Waals surface area (Å²) in [6.07, 6.45) is 0. The number of rotatable bonds is 5. The Balaban J connectivity index is 2.13. The molecule has 0 aliphatic carbocycles. The van der Waals surface area contributed by atoms with E-state index in [9.17, 15) is 4.79 Å². The molecular formula is C14H17NO3. The van der Waals surface area contributed by atoms with Crippen LogP contribution in [0.5, 0.6) is 0 Å². The molecule has 0 aliphatic rings. The number of likely N-dealkylation sites (N-methyl/N-ethyl adjacent to an activating group) is 1. The maximum Gasteiger partial charge on any atom is 0.211 e. The second kappa shape index (κ2) is 5.33. The molecule has 0 spiro atoms. The van der Waals surface area contributed by atoms with Crippen LogP contribution in [-0.2, 0) is 0 Å². The molecule has 1 aromatic carbocycles. The molecule has 0 bridgehead atoms. The summed E-state index contributed by atoms with van der Waals surface area (Å²) >= 11 is 0. The summed E-state index contributed by atoms with van der Waals surface area (Å²) in [6.45, 7) is 2.14. The Labute approximate surface area is 106 Å². The maximum absolute atomic E-state index is 12.0. The molecule has 0 saturated heterocycles. The van der Waals surface area contributed by atoms with Gasteiger partial charge in [0.05, 0.1) is 13.2 Å². The molecule has 0 saturated carbocycles. The van der Waals surface area contributed by atoms with E-state index in [0.29, 0.717) is 5.76 Å². The highest BCUT2D eigenvalue weighted by atomic mass is 16.3. The van der Waals surface area contributed by atoms with Crippen LogP contribution in [0.3, 0.4) is 0 Å². The minimum Gasteiger partial charge on any atom is -0.453 e. The van der Waals surface area contributed by atoms with Gasteiger partial charge in [0.2, 0.25) is 5.78 Å². The van der Waals surface area contributed by atoms with Gasteiger partial charge in [-0.25, -0.2) is 0 Å². The van der Waals surface area contributed by atoms with Crippen molar-refractivity contribution in [3.8, 4) is 0 Å². The molecule has 0 fully saturated rings. The number of aliphatic hydroxyl groups is 1. The Morgan fingerprint density at radius 3 is 2.83 bits per heavy atom. The van der Waals surface area contributed by atoms with Crippen LogP contribution in [0.4, 0.5) is 0 Å².